The van der Waals surface area contributed by atoms with Gasteiger partial charge in [0.2, 0.25) is 5.88 Å². The molecule has 4 heterocycles. The van der Waals surface area contributed by atoms with Crippen molar-refractivity contribution in [2.24, 2.45) is 17.6 Å². The van der Waals surface area contributed by atoms with Gasteiger partial charge in [0.15, 0.2) is 6.61 Å². The Morgan fingerprint density at radius 1 is 1.13 bits per heavy atom. The number of primary amides is 1. The second-order valence-electron chi connectivity index (χ2n) is 8.92. The van der Waals surface area contributed by atoms with Crippen LogP contribution < -0.4 is 15.4 Å². The molecule has 2 N–H and O–H groups in total. The Hall–Kier alpha value is -3.10. The fourth-order valence-electron chi connectivity index (χ4n) is 4.14. The van der Waals surface area contributed by atoms with Crippen LogP contribution in [0.2, 0.25) is 0 Å². The maximum absolute atomic E-state index is 12.4. The van der Waals surface area contributed by atoms with Crippen LogP contribution in [-0.2, 0) is 9.53 Å². The first-order valence-corrected chi connectivity index (χ1v) is 10.1. The smallest absolute Gasteiger partial charge is 0.410 e. The highest BCUT2D eigenvalue weighted by Crippen LogP contribution is 2.36. The molecule has 2 aliphatic heterocycles. The minimum absolute atomic E-state index is 0.208. The summed E-state index contributed by atoms with van der Waals surface area (Å²) in [7, 11) is 0. The van der Waals surface area contributed by atoms with Gasteiger partial charge >= 0.3 is 6.09 Å². The Balaban J connectivity index is 1.45. The van der Waals surface area contributed by atoms with Crippen molar-refractivity contribution in [3.63, 3.8) is 0 Å². The van der Waals surface area contributed by atoms with E-state index in [1.165, 1.54) is 0 Å². The van der Waals surface area contributed by atoms with E-state index in [9.17, 15) is 9.59 Å². The molecule has 9 heteroatoms. The molecular weight excluding hydrogens is 386 g/mol. The number of nitrogens with zero attached hydrogens (tertiary/aromatic N) is 4. The SMILES string of the molecule is CC(C)(C)OC(=O)N1CC2CN(c3nccc4nc(OCC(N)=O)ccc34)CC2C1. The standard InChI is InChI=1S/C21H27N5O4/c1-21(2,3)30-20(28)26-10-13-8-25(9-14(13)11-26)19-15-4-5-18(29-12-17(22)27)24-16(15)6-7-23-19/h4-7,13-14H,8-12H2,1-3H3,(H2,22,27). The molecule has 0 radical (unpaired) electrons. The molecule has 2 saturated heterocycles. The van der Waals surface area contributed by atoms with Crippen molar-refractivity contribution < 1.29 is 19.1 Å². The van der Waals surface area contributed by atoms with E-state index in [-0.39, 0.29) is 12.7 Å². The molecule has 0 bridgehead atoms. The first-order valence-electron chi connectivity index (χ1n) is 10.1. The minimum atomic E-state index is -0.545. The van der Waals surface area contributed by atoms with Gasteiger partial charge in [-0.2, -0.15) is 0 Å². The van der Waals surface area contributed by atoms with Crippen LogP contribution in [0.3, 0.4) is 0 Å². The lowest BCUT2D eigenvalue weighted by Gasteiger charge is -2.26. The molecule has 30 heavy (non-hydrogen) atoms. The van der Waals surface area contributed by atoms with Gasteiger partial charge in [0, 0.05) is 55.7 Å². The van der Waals surface area contributed by atoms with Crippen LogP contribution in [0.5, 0.6) is 5.88 Å². The lowest BCUT2D eigenvalue weighted by molar-refractivity contribution is -0.120. The van der Waals surface area contributed by atoms with Crippen molar-refractivity contribution in [1.29, 1.82) is 0 Å². The number of likely N-dealkylation sites (tertiary alicyclic amines) is 1. The van der Waals surface area contributed by atoms with E-state index in [1.807, 2.05) is 37.8 Å². The van der Waals surface area contributed by atoms with Gasteiger partial charge in [-0.1, -0.05) is 0 Å². The van der Waals surface area contributed by atoms with Gasteiger partial charge in [0.25, 0.3) is 5.91 Å². The Morgan fingerprint density at radius 3 is 2.47 bits per heavy atom. The molecule has 0 aliphatic carbocycles. The number of pyridine rings is 2. The Morgan fingerprint density at radius 2 is 1.83 bits per heavy atom. The van der Waals surface area contributed by atoms with E-state index < -0.39 is 11.5 Å². The number of ether oxygens (including phenoxy) is 2. The molecule has 2 aliphatic rings. The zero-order valence-electron chi connectivity index (χ0n) is 17.5. The zero-order valence-corrected chi connectivity index (χ0v) is 17.5. The third-order valence-electron chi connectivity index (χ3n) is 5.37. The van der Waals surface area contributed by atoms with E-state index in [0.29, 0.717) is 30.8 Å². The van der Waals surface area contributed by atoms with Crippen LogP contribution in [0, 0.1) is 11.8 Å². The van der Waals surface area contributed by atoms with Gasteiger partial charge in [-0.3, -0.25) is 4.79 Å². The maximum atomic E-state index is 12.4. The summed E-state index contributed by atoms with van der Waals surface area (Å²) in [6.07, 6.45) is 1.49. The number of hydrogen-bond acceptors (Lipinski definition) is 7. The molecule has 160 valence electrons. The fraction of sp³-hybridized carbons (Fsp3) is 0.524. The molecule has 2 aromatic heterocycles. The van der Waals surface area contributed by atoms with Gasteiger partial charge < -0.3 is 25.0 Å². The quantitative estimate of drug-likeness (QED) is 0.813. The molecule has 0 saturated carbocycles. The second-order valence-corrected chi connectivity index (χ2v) is 8.92. The summed E-state index contributed by atoms with van der Waals surface area (Å²) in [4.78, 5) is 36.4. The predicted octanol–water partition coefficient (Wildman–Crippen LogP) is 1.80. The Bertz CT molecular complexity index is 960. The number of rotatable bonds is 4. The number of aromatic nitrogens is 2. The average Bonchev–Trinajstić information content (AvgIpc) is 3.23. The van der Waals surface area contributed by atoms with E-state index in [0.717, 1.165) is 29.8 Å². The monoisotopic (exact) mass is 413 g/mol. The normalized spacial score (nSPS) is 21.0. The highest BCUT2D eigenvalue weighted by Gasteiger charge is 2.43. The van der Waals surface area contributed by atoms with Crippen LogP contribution in [-0.4, -0.2) is 65.3 Å². The van der Waals surface area contributed by atoms with Crippen LogP contribution in [0.25, 0.3) is 10.9 Å². The first kappa shape index (κ1) is 20.2. The highest BCUT2D eigenvalue weighted by molar-refractivity contribution is 5.90. The van der Waals surface area contributed by atoms with Crippen LogP contribution >= 0.6 is 0 Å². The van der Waals surface area contributed by atoms with Crippen LogP contribution in [0.1, 0.15) is 20.8 Å². The summed E-state index contributed by atoms with van der Waals surface area (Å²) in [5.41, 5.74) is 5.38. The van der Waals surface area contributed by atoms with E-state index in [4.69, 9.17) is 15.2 Å². The summed E-state index contributed by atoms with van der Waals surface area (Å²) in [5, 5.41) is 0.924. The highest BCUT2D eigenvalue weighted by atomic mass is 16.6. The van der Waals surface area contributed by atoms with Crippen molar-refractivity contribution in [2.75, 3.05) is 37.7 Å². The molecule has 0 aromatic carbocycles. The Labute approximate surface area is 175 Å². The lowest BCUT2D eigenvalue weighted by Crippen LogP contribution is -2.37. The molecule has 0 spiro atoms. The van der Waals surface area contributed by atoms with Crippen LogP contribution in [0.4, 0.5) is 10.6 Å². The minimum Gasteiger partial charge on any atom is -0.468 e. The number of carbonyl (C=O) groups excluding carboxylic acids is 2. The zero-order chi connectivity index (χ0) is 21.5. The third kappa shape index (κ3) is 4.24. The molecule has 2 atom stereocenters. The average molecular weight is 413 g/mol. The lowest BCUT2D eigenvalue weighted by atomic mass is 10.0. The molecule has 9 nitrogen and oxygen atoms in total. The molecule has 2 amide bonds. The largest absolute Gasteiger partial charge is 0.468 e. The van der Waals surface area contributed by atoms with E-state index >= 15 is 0 Å². The number of nitrogens with two attached hydrogens (primary N) is 1. The number of carbonyl (C=O) groups is 2. The number of hydrogen-bond donors (Lipinski definition) is 1. The molecule has 4 rings (SSSR count). The van der Waals surface area contributed by atoms with Crippen molar-refractivity contribution in [3.05, 3.63) is 24.4 Å². The van der Waals surface area contributed by atoms with Crippen LogP contribution in [0.15, 0.2) is 24.4 Å². The molecule has 2 aromatic rings. The maximum Gasteiger partial charge on any atom is 0.410 e. The van der Waals surface area contributed by atoms with Gasteiger partial charge in [-0.25, -0.2) is 14.8 Å². The number of anilines is 1. The van der Waals surface area contributed by atoms with Gasteiger partial charge in [-0.15, -0.1) is 0 Å². The van der Waals surface area contributed by atoms with Crippen molar-refractivity contribution in [3.8, 4) is 5.88 Å². The summed E-state index contributed by atoms with van der Waals surface area (Å²) >= 11 is 0. The second kappa shape index (κ2) is 7.62. The van der Waals surface area contributed by atoms with Crippen molar-refractivity contribution >= 4 is 28.7 Å². The summed E-state index contributed by atoms with van der Waals surface area (Å²) < 4.78 is 10.8. The fourth-order valence-corrected chi connectivity index (χ4v) is 4.14. The molecular formula is C21H27N5O4. The van der Waals surface area contributed by atoms with E-state index in [2.05, 4.69) is 14.9 Å². The van der Waals surface area contributed by atoms with Gasteiger partial charge in [0.05, 0.1) is 5.52 Å². The Kier molecular flexibility index (Phi) is 5.13. The predicted molar refractivity (Wildman–Crippen MR) is 111 cm³/mol. The third-order valence-corrected chi connectivity index (χ3v) is 5.37. The van der Waals surface area contributed by atoms with Gasteiger partial charge in [-0.05, 0) is 32.9 Å². The van der Waals surface area contributed by atoms with E-state index in [1.54, 1.807) is 12.3 Å². The summed E-state index contributed by atoms with van der Waals surface area (Å²) in [5.74, 6) is 1.46. The number of fused-ring (bicyclic) bond motifs is 2. The molecule has 2 fully saturated rings. The number of amides is 2. The first-order chi connectivity index (χ1) is 14.2. The summed E-state index contributed by atoms with van der Waals surface area (Å²) in [6.45, 7) is 8.50. The summed E-state index contributed by atoms with van der Waals surface area (Å²) in [6, 6.07) is 5.44. The molecule has 2 unspecified atom stereocenters. The topological polar surface area (TPSA) is 111 Å². The van der Waals surface area contributed by atoms with Crippen molar-refractivity contribution in [2.45, 2.75) is 26.4 Å². The van der Waals surface area contributed by atoms with Gasteiger partial charge in [0.1, 0.15) is 11.4 Å². The van der Waals surface area contributed by atoms with Crippen molar-refractivity contribution in [1.82, 2.24) is 14.9 Å².